The van der Waals surface area contributed by atoms with Crippen LogP contribution in [0.25, 0.3) is 10.9 Å². The monoisotopic (exact) mass is 422 g/mol. The minimum atomic E-state index is -1.12. The highest BCUT2D eigenvalue weighted by Gasteiger charge is 2.61. The van der Waals surface area contributed by atoms with E-state index in [-0.39, 0.29) is 29.8 Å². The van der Waals surface area contributed by atoms with Gasteiger partial charge in [0.2, 0.25) is 5.91 Å². The number of fused-ring (bicyclic) bond motifs is 5. The van der Waals surface area contributed by atoms with Crippen molar-refractivity contribution in [3.8, 4) is 0 Å². The van der Waals surface area contributed by atoms with Gasteiger partial charge in [-0.3, -0.25) is 9.59 Å². The van der Waals surface area contributed by atoms with Crippen LogP contribution < -0.4 is 5.32 Å². The zero-order valence-corrected chi connectivity index (χ0v) is 18.4. The molecule has 2 atom stereocenters. The minimum absolute atomic E-state index is 0.139. The summed E-state index contributed by atoms with van der Waals surface area (Å²) in [5.41, 5.74) is 1.71. The maximum Gasteiger partial charge on any atom is 0.328 e. The van der Waals surface area contributed by atoms with E-state index in [1.807, 2.05) is 39.0 Å². The molecule has 0 bridgehead atoms. The molecular formula is C24H30N4O3. The summed E-state index contributed by atoms with van der Waals surface area (Å²) in [5, 5.41) is 4.20. The predicted octanol–water partition coefficient (Wildman–Crippen LogP) is 3.29. The van der Waals surface area contributed by atoms with Gasteiger partial charge in [0.1, 0.15) is 6.04 Å². The topological polar surface area (TPSA) is 85.5 Å². The van der Waals surface area contributed by atoms with Gasteiger partial charge in [0.05, 0.1) is 5.69 Å². The van der Waals surface area contributed by atoms with Crippen LogP contribution >= 0.6 is 0 Å². The van der Waals surface area contributed by atoms with Crippen LogP contribution in [-0.4, -0.2) is 51.3 Å². The van der Waals surface area contributed by atoms with E-state index in [4.69, 9.17) is 0 Å². The maximum atomic E-state index is 13.9. The molecule has 0 unspecified atom stereocenters. The van der Waals surface area contributed by atoms with Crippen LogP contribution in [-0.2, 0) is 21.5 Å². The smallest absolute Gasteiger partial charge is 0.328 e. The molecule has 2 aromatic rings. The zero-order chi connectivity index (χ0) is 21.9. The summed E-state index contributed by atoms with van der Waals surface area (Å²) in [5.74, 6) is -0.712. The van der Waals surface area contributed by atoms with Crippen molar-refractivity contribution in [2.75, 3.05) is 6.54 Å². The number of nitrogens with one attached hydrogen (secondary N) is 2. The zero-order valence-electron chi connectivity index (χ0n) is 18.4. The quantitative estimate of drug-likeness (QED) is 0.742. The molecule has 5 rings (SSSR count). The van der Waals surface area contributed by atoms with Crippen LogP contribution in [0.3, 0.4) is 0 Å². The number of H-pyrrole nitrogens is 1. The number of nitrogens with zero attached hydrogens (tertiary/aromatic N) is 2. The fraction of sp³-hybridized carbons (Fsp3) is 0.542. The van der Waals surface area contributed by atoms with Crippen molar-refractivity contribution in [2.45, 2.75) is 70.5 Å². The minimum Gasteiger partial charge on any atom is -0.356 e. The highest BCUT2D eigenvalue weighted by atomic mass is 16.2. The lowest BCUT2D eigenvalue weighted by molar-refractivity contribution is -0.141. The normalized spacial score (nSPS) is 24.8. The molecule has 1 saturated heterocycles. The number of hydrogen-bond donors (Lipinski definition) is 2. The van der Waals surface area contributed by atoms with Gasteiger partial charge in [-0.25, -0.2) is 9.69 Å². The summed E-state index contributed by atoms with van der Waals surface area (Å²) in [6, 6.07) is 6.95. The van der Waals surface area contributed by atoms with E-state index in [0.29, 0.717) is 13.0 Å². The van der Waals surface area contributed by atoms with Crippen LogP contribution in [0.5, 0.6) is 0 Å². The Kier molecular flexibility index (Phi) is 4.61. The van der Waals surface area contributed by atoms with Gasteiger partial charge in [0.25, 0.3) is 5.91 Å². The number of benzene rings is 1. The number of amides is 4. The number of aromatic amines is 1. The second-order valence-electron chi connectivity index (χ2n) is 9.63. The van der Waals surface area contributed by atoms with Gasteiger partial charge in [0, 0.05) is 23.5 Å². The van der Waals surface area contributed by atoms with Crippen molar-refractivity contribution in [2.24, 2.45) is 5.92 Å². The van der Waals surface area contributed by atoms with Crippen LogP contribution in [0.4, 0.5) is 4.79 Å². The van der Waals surface area contributed by atoms with E-state index < -0.39 is 11.6 Å². The summed E-state index contributed by atoms with van der Waals surface area (Å²) < 4.78 is 0. The van der Waals surface area contributed by atoms with Gasteiger partial charge in [-0.1, -0.05) is 44.9 Å². The number of hydrogen-bond acceptors (Lipinski definition) is 3. The summed E-state index contributed by atoms with van der Waals surface area (Å²) in [6.45, 7) is 6.06. The molecule has 0 spiro atoms. The third-order valence-corrected chi connectivity index (χ3v) is 7.38. The van der Waals surface area contributed by atoms with E-state index in [1.54, 1.807) is 4.90 Å². The highest BCUT2D eigenvalue weighted by Crippen LogP contribution is 2.45. The first-order chi connectivity index (χ1) is 14.8. The van der Waals surface area contributed by atoms with E-state index in [2.05, 4.69) is 16.4 Å². The van der Waals surface area contributed by atoms with Crippen molar-refractivity contribution in [1.82, 2.24) is 20.1 Å². The Morgan fingerprint density at radius 1 is 1.19 bits per heavy atom. The Labute approximate surface area is 182 Å². The molecule has 1 aliphatic carbocycles. The molecule has 4 amide bonds. The Morgan fingerprint density at radius 3 is 2.61 bits per heavy atom. The average Bonchev–Trinajstić information content (AvgIpc) is 3.42. The number of carbonyl (C=O) groups excluding carboxylic acids is 3. The number of aromatic nitrogens is 1. The Bertz CT molecular complexity index is 1070. The average molecular weight is 423 g/mol. The van der Waals surface area contributed by atoms with Crippen molar-refractivity contribution >= 4 is 28.7 Å². The SMILES string of the molecule is CC(C)[C@@H](C(=O)NC1CCCC1)N1C(=O)N2CCc3c([nH]c4ccccc34)[C@]2(C)C1=O. The van der Waals surface area contributed by atoms with Crippen molar-refractivity contribution in [3.63, 3.8) is 0 Å². The summed E-state index contributed by atoms with van der Waals surface area (Å²) >= 11 is 0. The molecule has 0 radical (unpaired) electrons. The molecule has 7 heteroatoms. The molecular weight excluding hydrogens is 392 g/mol. The van der Waals surface area contributed by atoms with Crippen LogP contribution in [0.2, 0.25) is 0 Å². The molecule has 3 aliphatic rings. The number of rotatable bonds is 4. The molecule has 3 heterocycles. The summed E-state index contributed by atoms with van der Waals surface area (Å²) in [7, 11) is 0. The Hall–Kier alpha value is -2.83. The number of imide groups is 1. The fourth-order valence-corrected chi connectivity index (χ4v) is 5.74. The first-order valence-electron chi connectivity index (χ1n) is 11.4. The van der Waals surface area contributed by atoms with Gasteiger partial charge < -0.3 is 15.2 Å². The van der Waals surface area contributed by atoms with Crippen LogP contribution in [0.1, 0.15) is 57.7 Å². The molecule has 1 saturated carbocycles. The van der Waals surface area contributed by atoms with Gasteiger partial charge in [0.15, 0.2) is 5.54 Å². The largest absolute Gasteiger partial charge is 0.356 e. The lowest BCUT2D eigenvalue weighted by Crippen LogP contribution is -2.54. The third kappa shape index (κ3) is 2.82. The van der Waals surface area contributed by atoms with Crippen molar-refractivity contribution in [3.05, 3.63) is 35.5 Å². The lowest BCUT2D eigenvalue weighted by Gasteiger charge is -2.36. The summed E-state index contributed by atoms with van der Waals surface area (Å²) in [6.07, 6.45) is 4.81. The highest BCUT2D eigenvalue weighted by molar-refractivity contribution is 6.11. The lowest BCUT2D eigenvalue weighted by atomic mass is 9.86. The molecule has 2 aliphatic heterocycles. The molecule has 164 valence electrons. The van der Waals surface area contributed by atoms with Crippen molar-refractivity contribution < 1.29 is 14.4 Å². The van der Waals surface area contributed by atoms with Crippen molar-refractivity contribution in [1.29, 1.82) is 0 Å². The van der Waals surface area contributed by atoms with E-state index in [1.165, 1.54) is 4.90 Å². The second kappa shape index (κ2) is 7.11. The number of urea groups is 1. The first-order valence-corrected chi connectivity index (χ1v) is 11.4. The number of carbonyl (C=O) groups is 3. The molecule has 1 aromatic heterocycles. The first kappa shape index (κ1) is 20.1. The second-order valence-corrected chi connectivity index (χ2v) is 9.63. The van der Waals surface area contributed by atoms with Gasteiger partial charge in [-0.2, -0.15) is 0 Å². The van der Waals surface area contributed by atoms with Crippen LogP contribution in [0.15, 0.2) is 24.3 Å². The van der Waals surface area contributed by atoms with Gasteiger partial charge in [-0.15, -0.1) is 0 Å². The fourth-order valence-electron chi connectivity index (χ4n) is 5.74. The molecule has 1 aromatic carbocycles. The molecule has 31 heavy (non-hydrogen) atoms. The van der Waals surface area contributed by atoms with Gasteiger partial charge >= 0.3 is 6.03 Å². The van der Waals surface area contributed by atoms with Gasteiger partial charge in [-0.05, 0) is 43.7 Å². The van der Waals surface area contributed by atoms with E-state index >= 15 is 0 Å². The standard InChI is InChI=1S/C24H30N4O3/c1-14(2)19(21(29)25-15-8-4-5-9-15)28-22(30)24(3)20-17(12-13-27(24)23(28)31)16-10-6-7-11-18(16)26-20/h6-7,10-11,14-15,19,26H,4-5,8-9,12-13H2,1-3H3,(H,25,29)/t19-,24+/m0/s1. The van der Waals surface area contributed by atoms with E-state index in [0.717, 1.165) is 47.8 Å². The Balaban J connectivity index is 1.54. The molecule has 7 nitrogen and oxygen atoms in total. The molecule has 2 N–H and O–H groups in total. The maximum absolute atomic E-state index is 13.9. The van der Waals surface area contributed by atoms with E-state index in [9.17, 15) is 14.4 Å². The third-order valence-electron chi connectivity index (χ3n) is 7.38. The van der Waals surface area contributed by atoms with Crippen LogP contribution in [0, 0.1) is 5.92 Å². The molecule has 2 fully saturated rings. The Morgan fingerprint density at radius 2 is 1.90 bits per heavy atom. The predicted molar refractivity (Wildman–Crippen MR) is 117 cm³/mol. The number of para-hydroxylation sites is 1. The summed E-state index contributed by atoms with van der Waals surface area (Å²) in [4.78, 5) is 46.9.